The van der Waals surface area contributed by atoms with Gasteiger partial charge >= 0.3 is 0 Å². The number of hydrogen-bond donors (Lipinski definition) is 0. The van der Waals surface area contributed by atoms with Crippen molar-refractivity contribution in [3.63, 3.8) is 0 Å². The number of ketones is 1. The summed E-state index contributed by atoms with van der Waals surface area (Å²) in [5.41, 5.74) is 2.51. The molecule has 0 aromatic heterocycles. The van der Waals surface area contributed by atoms with E-state index in [1.807, 2.05) is 42.5 Å². The maximum atomic E-state index is 12.6. The van der Waals surface area contributed by atoms with Crippen molar-refractivity contribution in [3.8, 4) is 0 Å². The first-order valence-corrected chi connectivity index (χ1v) is 7.37. The van der Waals surface area contributed by atoms with Gasteiger partial charge in [0.2, 0.25) is 0 Å². The summed E-state index contributed by atoms with van der Waals surface area (Å²) in [6.45, 7) is 0.664. The van der Waals surface area contributed by atoms with Crippen LogP contribution in [0, 0.1) is 0 Å². The molecule has 0 amide bonds. The van der Waals surface area contributed by atoms with Crippen molar-refractivity contribution in [2.24, 2.45) is 0 Å². The molecule has 2 aliphatic heterocycles. The van der Waals surface area contributed by atoms with Crippen molar-refractivity contribution in [3.05, 3.63) is 48.0 Å². The second-order valence-electron chi connectivity index (χ2n) is 4.71. The first-order chi connectivity index (χ1) is 9.27. The predicted octanol–water partition coefficient (Wildman–Crippen LogP) is 2.89. The van der Waals surface area contributed by atoms with Gasteiger partial charge in [0.15, 0.2) is 5.78 Å². The molecule has 2 aromatic carbocycles. The molecule has 0 aliphatic carbocycles. The van der Waals surface area contributed by atoms with Gasteiger partial charge in [0, 0.05) is 18.5 Å². The van der Waals surface area contributed by atoms with Crippen molar-refractivity contribution in [1.82, 2.24) is 0 Å². The number of rotatable bonds is 0. The molecule has 0 fully saturated rings. The lowest BCUT2D eigenvalue weighted by Gasteiger charge is -2.36. The fourth-order valence-electron chi connectivity index (χ4n) is 2.83. The number of para-hydroxylation sites is 2. The van der Waals surface area contributed by atoms with Gasteiger partial charge in [-0.2, -0.15) is 0 Å². The second-order valence-corrected chi connectivity index (χ2v) is 6.13. The normalized spacial score (nSPS) is 19.9. The van der Waals surface area contributed by atoms with Crippen LogP contribution < -0.4 is 4.90 Å². The van der Waals surface area contributed by atoms with Crippen molar-refractivity contribution in [2.75, 3.05) is 11.4 Å². The molecule has 4 heteroatoms. The van der Waals surface area contributed by atoms with E-state index in [-0.39, 0.29) is 5.78 Å². The van der Waals surface area contributed by atoms with Gasteiger partial charge in [-0.15, -0.1) is 0 Å². The first-order valence-electron chi connectivity index (χ1n) is 6.22. The Bertz CT molecular complexity index is 739. The maximum absolute atomic E-state index is 12.6. The van der Waals surface area contributed by atoms with Gasteiger partial charge in [-0.3, -0.25) is 4.79 Å². The SMILES string of the molecule is O=C1CCN2c3ccccc3S(=O)c3cccc1c32. The van der Waals surface area contributed by atoms with Crippen LogP contribution in [0.2, 0.25) is 0 Å². The highest BCUT2D eigenvalue weighted by Gasteiger charge is 2.34. The number of hydrogen-bond acceptors (Lipinski definition) is 3. The average Bonchev–Trinajstić information content (AvgIpc) is 2.46. The quantitative estimate of drug-likeness (QED) is 0.738. The zero-order valence-corrected chi connectivity index (χ0v) is 10.9. The van der Waals surface area contributed by atoms with Gasteiger partial charge in [0.25, 0.3) is 0 Å². The molecular formula is C15H11NO2S. The highest BCUT2D eigenvalue weighted by molar-refractivity contribution is 7.85. The summed E-state index contributed by atoms with van der Waals surface area (Å²) in [4.78, 5) is 15.7. The Morgan fingerprint density at radius 1 is 1.00 bits per heavy atom. The molecule has 2 aromatic rings. The highest BCUT2D eigenvalue weighted by atomic mass is 32.2. The van der Waals surface area contributed by atoms with Crippen LogP contribution in [-0.2, 0) is 10.8 Å². The molecule has 2 heterocycles. The van der Waals surface area contributed by atoms with Crippen LogP contribution in [0.4, 0.5) is 11.4 Å². The Hall–Kier alpha value is -1.94. The van der Waals surface area contributed by atoms with Gasteiger partial charge in [0.05, 0.1) is 32.0 Å². The fraction of sp³-hybridized carbons (Fsp3) is 0.133. The van der Waals surface area contributed by atoms with Gasteiger partial charge < -0.3 is 4.90 Å². The van der Waals surface area contributed by atoms with Crippen LogP contribution >= 0.6 is 0 Å². The van der Waals surface area contributed by atoms with Gasteiger partial charge in [-0.1, -0.05) is 18.2 Å². The molecule has 0 saturated heterocycles. The lowest BCUT2D eigenvalue weighted by molar-refractivity contribution is 0.0981. The molecule has 1 atom stereocenters. The summed E-state index contributed by atoms with van der Waals surface area (Å²) >= 11 is 0. The topological polar surface area (TPSA) is 37.4 Å². The number of fused-ring (bicyclic) bond motifs is 2. The number of nitrogens with zero attached hydrogens (tertiary/aromatic N) is 1. The summed E-state index contributed by atoms with van der Waals surface area (Å²) in [5.74, 6) is 0.143. The van der Waals surface area contributed by atoms with E-state index in [0.717, 1.165) is 21.2 Å². The van der Waals surface area contributed by atoms with Crippen LogP contribution in [0.1, 0.15) is 16.8 Å². The Morgan fingerprint density at radius 2 is 1.79 bits per heavy atom. The lowest BCUT2D eigenvalue weighted by atomic mass is 9.99. The second kappa shape index (κ2) is 3.78. The zero-order valence-electron chi connectivity index (χ0n) is 10.1. The summed E-state index contributed by atoms with van der Waals surface area (Å²) in [6.07, 6.45) is 0.511. The van der Waals surface area contributed by atoms with Crippen LogP contribution in [-0.4, -0.2) is 16.5 Å². The number of Topliss-reactive ketones (excluding diaryl/α,β-unsaturated/α-hetero) is 1. The van der Waals surface area contributed by atoms with E-state index in [4.69, 9.17) is 0 Å². The lowest BCUT2D eigenvalue weighted by Crippen LogP contribution is -2.32. The van der Waals surface area contributed by atoms with Gasteiger partial charge in [-0.25, -0.2) is 4.21 Å². The highest BCUT2D eigenvalue weighted by Crippen LogP contribution is 2.45. The maximum Gasteiger partial charge on any atom is 0.166 e. The van der Waals surface area contributed by atoms with E-state index in [9.17, 15) is 9.00 Å². The van der Waals surface area contributed by atoms with Crippen molar-refractivity contribution in [1.29, 1.82) is 0 Å². The Kier molecular flexibility index (Phi) is 2.17. The minimum absolute atomic E-state index is 0.143. The molecule has 19 heavy (non-hydrogen) atoms. The minimum atomic E-state index is -1.20. The molecule has 0 saturated carbocycles. The predicted molar refractivity (Wildman–Crippen MR) is 73.5 cm³/mol. The van der Waals surface area contributed by atoms with Crippen molar-refractivity contribution in [2.45, 2.75) is 16.2 Å². The zero-order chi connectivity index (χ0) is 13.0. The van der Waals surface area contributed by atoms with Crippen LogP contribution in [0.25, 0.3) is 0 Å². The molecule has 0 radical (unpaired) electrons. The third-order valence-electron chi connectivity index (χ3n) is 3.69. The van der Waals surface area contributed by atoms with Crippen molar-refractivity contribution < 1.29 is 9.00 Å². The van der Waals surface area contributed by atoms with E-state index in [2.05, 4.69) is 4.90 Å². The molecule has 0 N–H and O–H groups in total. The minimum Gasteiger partial charge on any atom is -0.338 e. The fourth-order valence-corrected chi connectivity index (χ4v) is 4.24. The molecule has 3 nitrogen and oxygen atoms in total. The summed E-state index contributed by atoms with van der Waals surface area (Å²) < 4.78 is 12.6. The smallest absolute Gasteiger partial charge is 0.166 e. The van der Waals surface area contributed by atoms with E-state index >= 15 is 0 Å². The standard InChI is InChI=1S/C15H11NO2S/c17-12-8-9-16-11-5-1-2-6-13(11)19(18)14-7-3-4-10(12)15(14)16/h1-7H,8-9H2. The summed E-state index contributed by atoms with van der Waals surface area (Å²) in [7, 11) is -1.20. The third-order valence-corrected chi connectivity index (χ3v) is 5.16. The summed E-state index contributed by atoms with van der Waals surface area (Å²) in [6, 6.07) is 13.2. The van der Waals surface area contributed by atoms with E-state index in [0.29, 0.717) is 18.5 Å². The molecule has 0 bridgehead atoms. The van der Waals surface area contributed by atoms with E-state index < -0.39 is 10.8 Å². The number of carbonyl (C=O) groups excluding carboxylic acids is 1. The Morgan fingerprint density at radius 3 is 2.68 bits per heavy atom. The van der Waals surface area contributed by atoms with E-state index in [1.165, 1.54) is 0 Å². The molecule has 2 aliphatic rings. The number of benzene rings is 2. The molecular weight excluding hydrogens is 258 g/mol. The van der Waals surface area contributed by atoms with Gasteiger partial charge in [0.1, 0.15) is 0 Å². The Labute approximate surface area is 113 Å². The largest absolute Gasteiger partial charge is 0.338 e. The van der Waals surface area contributed by atoms with Crippen LogP contribution in [0.15, 0.2) is 52.3 Å². The molecule has 4 rings (SSSR count). The third kappa shape index (κ3) is 1.37. The van der Waals surface area contributed by atoms with Gasteiger partial charge in [-0.05, 0) is 24.3 Å². The molecule has 94 valence electrons. The van der Waals surface area contributed by atoms with Crippen LogP contribution in [0.5, 0.6) is 0 Å². The first kappa shape index (κ1) is 10.9. The summed E-state index contributed by atoms with van der Waals surface area (Å²) in [5, 5.41) is 0. The molecule has 1 unspecified atom stereocenters. The van der Waals surface area contributed by atoms with Crippen LogP contribution in [0.3, 0.4) is 0 Å². The number of anilines is 2. The monoisotopic (exact) mass is 269 g/mol. The average molecular weight is 269 g/mol. The Balaban J connectivity index is 2.08. The van der Waals surface area contributed by atoms with Crippen molar-refractivity contribution >= 4 is 28.0 Å². The number of carbonyl (C=O) groups is 1. The molecule has 0 spiro atoms. The van der Waals surface area contributed by atoms with E-state index in [1.54, 1.807) is 0 Å².